The summed E-state index contributed by atoms with van der Waals surface area (Å²) in [4.78, 5) is 5.04. The number of pyridine rings is 1. The minimum atomic E-state index is 0.836. The largest absolute Gasteiger partial charge is 0.497 e. The van der Waals surface area contributed by atoms with Gasteiger partial charge in [0.15, 0.2) is 0 Å². The Labute approximate surface area is 192 Å². The average molecular weight is 431 g/mol. The van der Waals surface area contributed by atoms with Gasteiger partial charge in [0.05, 0.1) is 30.9 Å². The molecule has 0 radical (unpaired) electrons. The van der Waals surface area contributed by atoms with E-state index in [1.54, 1.807) is 14.2 Å². The van der Waals surface area contributed by atoms with Crippen LogP contribution in [-0.4, -0.2) is 23.6 Å². The highest BCUT2D eigenvalue weighted by atomic mass is 16.5. The maximum absolute atomic E-state index is 5.42. The van der Waals surface area contributed by atoms with E-state index < -0.39 is 0 Å². The number of aromatic nitrogens is 2. The molecule has 0 aliphatic carbocycles. The molecule has 33 heavy (non-hydrogen) atoms. The summed E-state index contributed by atoms with van der Waals surface area (Å²) in [6.07, 6.45) is 0. The van der Waals surface area contributed by atoms with Crippen LogP contribution in [0.3, 0.4) is 0 Å². The van der Waals surface area contributed by atoms with Gasteiger partial charge in [-0.15, -0.1) is 0 Å². The van der Waals surface area contributed by atoms with Crippen LogP contribution < -0.4 is 9.47 Å². The smallest absolute Gasteiger partial charge is 0.138 e. The number of hydrogen-bond donors (Lipinski definition) is 0. The molecule has 0 saturated carbocycles. The Balaban J connectivity index is 1.74. The van der Waals surface area contributed by atoms with E-state index in [0.29, 0.717) is 0 Å². The molecule has 0 fully saturated rings. The molecule has 0 amide bonds. The van der Waals surface area contributed by atoms with E-state index in [9.17, 15) is 0 Å². The molecule has 0 aliphatic rings. The van der Waals surface area contributed by atoms with Gasteiger partial charge in [-0.3, -0.25) is 4.40 Å². The van der Waals surface area contributed by atoms with Crippen LogP contribution in [0.4, 0.5) is 0 Å². The molecule has 160 valence electrons. The molecule has 4 heteroatoms. The fourth-order valence-corrected chi connectivity index (χ4v) is 4.65. The molecule has 0 saturated heterocycles. The number of imidazole rings is 1. The second-order valence-electron chi connectivity index (χ2n) is 7.99. The Morgan fingerprint density at radius 1 is 0.576 bits per heavy atom. The summed E-state index contributed by atoms with van der Waals surface area (Å²) in [5.74, 6) is 1.68. The lowest BCUT2D eigenvalue weighted by molar-refractivity contribution is 0.414. The summed E-state index contributed by atoms with van der Waals surface area (Å²) >= 11 is 0. The molecule has 0 bridgehead atoms. The average Bonchev–Trinajstić information content (AvgIpc) is 3.44. The Kier molecular flexibility index (Phi) is 4.51. The summed E-state index contributed by atoms with van der Waals surface area (Å²) < 4.78 is 13.1. The molecule has 6 rings (SSSR count). The SMILES string of the molecule is COc1ccc(-c2c(-c3ccc(OC)cc3)c3c(-c4ccccc4)nc4cccc2n43)cc1. The van der Waals surface area contributed by atoms with Crippen molar-refractivity contribution < 1.29 is 9.47 Å². The normalized spacial score (nSPS) is 11.3. The Morgan fingerprint density at radius 2 is 1.18 bits per heavy atom. The standard InChI is InChI=1S/C29H22N2O2/c1-32-22-15-11-19(12-16-22)26-24-9-6-10-25-30-28(21-7-4-3-5-8-21)29(31(24)25)27(26)20-13-17-23(33-2)18-14-20/h3-18H,1-2H3. The zero-order valence-corrected chi connectivity index (χ0v) is 18.4. The highest BCUT2D eigenvalue weighted by molar-refractivity contribution is 6.09. The van der Waals surface area contributed by atoms with Crippen molar-refractivity contribution in [2.75, 3.05) is 14.2 Å². The molecular formula is C29H22N2O2. The first-order valence-electron chi connectivity index (χ1n) is 10.9. The van der Waals surface area contributed by atoms with E-state index in [-0.39, 0.29) is 0 Å². The van der Waals surface area contributed by atoms with Crippen LogP contribution in [0.25, 0.3) is 50.2 Å². The lowest BCUT2D eigenvalue weighted by atomic mass is 9.95. The van der Waals surface area contributed by atoms with Gasteiger partial charge >= 0.3 is 0 Å². The van der Waals surface area contributed by atoms with Crippen molar-refractivity contribution in [3.63, 3.8) is 0 Å². The van der Waals surface area contributed by atoms with Gasteiger partial charge in [-0.2, -0.15) is 0 Å². The molecule has 6 aromatic rings. The van der Waals surface area contributed by atoms with Gasteiger partial charge in [0, 0.05) is 16.7 Å². The van der Waals surface area contributed by atoms with Crippen molar-refractivity contribution in [1.82, 2.24) is 9.38 Å². The highest BCUT2D eigenvalue weighted by Crippen LogP contribution is 2.46. The lowest BCUT2D eigenvalue weighted by Gasteiger charge is -2.09. The van der Waals surface area contributed by atoms with Gasteiger partial charge in [0.2, 0.25) is 0 Å². The van der Waals surface area contributed by atoms with E-state index in [4.69, 9.17) is 14.5 Å². The maximum Gasteiger partial charge on any atom is 0.138 e. The lowest BCUT2D eigenvalue weighted by Crippen LogP contribution is -1.87. The summed E-state index contributed by atoms with van der Waals surface area (Å²) in [7, 11) is 3.38. The van der Waals surface area contributed by atoms with Crippen LogP contribution in [-0.2, 0) is 0 Å². The van der Waals surface area contributed by atoms with Gasteiger partial charge in [0.1, 0.15) is 17.1 Å². The van der Waals surface area contributed by atoms with E-state index >= 15 is 0 Å². The van der Waals surface area contributed by atoms with Crippen molar-refractivity contribution in [2.45, 2.75) is 0 Å². The van der Waals surface area contributed by atoms with Crippen molar-refractivity contribution in [3.8, 4) is 45.0 Å². The van der Waals surface area contributed by atoms with Crippen molar-refractivity contribution in [2.24, 2.45) is 0 Å². The zero-order valence-electron chi connectivity index (χ0n) is 18.4. The molecule has 3 aromatic carbocycles. The topological polar surface area (TPSA) is 35.8 Å². The summed E-state index contributed by atoms with van der Waals surface area (Å²) in [6.45, 7) is 0. The van der Waals surface area contributed by atoms with Crippen LogP contribution in [0, 0.1) is 0 Å². The van der Waals surface area contributed by atoms with Gasteiger partial charge in [-0.25, -0.2) is 4.98 Å². The first-order valence-corrected chi connectivity index (χ1v) is 10.9. The molecule has 0 aliphatic heterocycles. The Bertz CT molecular complexity index is 1550. The van der Waals surface area contributed by atoms with Crippen LogP contribution in [0.2, 0.25) is 0 Å². The molecular weight excluding hydrogens is 408 g/mol. The van der Waals surface area contributed by atoms with E-state index in [1.807, 2.05) is 30.3 Å². The van der Waals surface area contributed by atoms with Crippen molar-refractivity contribution in [3.05, 3.63) is 97.1 Å². The van der Waals surface area contributed by atoms with Gasteiger partial charge < -0.3 is 9.47 Å². The third-order valence-corrected chi connectivity index (χ3v) is 6.19. The first kappa shape index (κ1) is 19.4. The van der Waals surface area contributed by atoms with Crippen LogP contribution in [0.5, 0.6) is 11.5 Å². The number of methoxy groups -OCH3 is 2. The van der Waals surface area contributed by atoms with Crippen LogP contribution in [0.15, 0.2) is 97.1 Å². The molecule has 4 nitrogen and oxygen atoms in total. The Morgan fingerprint density at radius 3 is 1.79 bits per heavy atom. The summed E-state index contributed by atoms with van der Waals surface area (Å²) in [5, 5.41) is 0. The predicted octanol–water partition coefficient (Wildman–Crippen LogP) is 6.94. The molecule has 3 aromatic heterocycles. The minimum absolute atomic E-state index is 0.836. The van der Waals surface area contributed by atoms with Gasteiger partial charge in [-0.1, -0.05) is 60.7 Å². The number of nitrogens with zero attached hydrogens (tertiary/aromatic N) is 2. The minimum Gasteiger partial charge on any atom is -0.497 e. The van der Waals surface area contributed by atoms with Crippen LogP contribution in [0.1, 0.15) is 0 Å². The molecule has 3 heterocycles. The van der Waals surface area contributed by atoms with E-state index in [0.717, 1.165) is 56.1 Å². The fourth-order valence-electron chi connectivity index (χ4n) is 4.65. The van der Waals surface area contributed by atoms with Gasteiger partial charge in [0.25, 0.3) is 0 Å². The number of benzene rings is 3. The summed E-state index contributed by atoms with van der Waals surface area (Å²) in [5.41, 5.74) is 9.88. The molecule has 0 atom stereocenters. The zero-order chi connectivity index (χ0) is 22.4. The second kappa shape index (κ2) is 7.68. The number of hydrogen-bond acceptors (Lipinski definition) is 3. The maximum atomic E-state index is 5.42. The highest BCUT2D eigenvalue weighted by Gasteiger charge is 2.25. The Hall–Kier alpha value is -4.31. The second-order valence-corrected chi connectivity index (χ2v) is 7.99. The first-order chi connectivity index (χ1) is 16.3. The molecule has 0 N–H and O–H groups in total. The quantitative estimate of drug-likeness (QED) is 0.297. The third-order valence-electron chi connectivity index (χ3n) is 6.19. The van der Waals surface area contributed by atoms with Crippen molar-refractivity contribution in [1.29, 1.82) is 0 Å². The van der Waals surface area contributed by atoms with E-state index in [1.165, 1.54) is 5.56 Å². The molecule has 0 unspecified atom stereocenters. The van der Waals surface area contributed by atoms with E-state index in [2.05, 4.69) is 71.1 Å². The third kappa shape index (κ3) is 3.03. The van der Waals surface area contributed by atoms with Crippen LogP contribution >= 0.6 is 0 Å². The predicted molar refractivity (Wildman–Crippen MR) is 133 cm³/mol. The number of rotatable bonds is 5. The monoisotopic (exact) mass is 430 g/mol. The van der Waals surface area contributed by atoms with Gasteiger partial charge in [-0.05, 0) is 47.5 Å². The molecule has 0 spiro atoms. The summed E-state index contributed by atoms with van der Waals surface area (Å²) in [6, 6.07) is 33.3. The fraction of sp³-hybridized carbons (Fsp3) is 0.0690. The van der Waals surface area contributed by atoms with Crippen molar-refractivity contribution >= 4 is 16.7 Å². The number of ether oxygens (including phenoxy) is 2.